The van der Waals surface area contributed by atoms with E-state index >= 15 is 0 Å². The van der Waals surface area contributed by atoms with Gasteiger partial charge in [0.05, 0.1) is 12.4 Å². The summed E-state index contributed by atoms with van der Waals surface area (Å²) in [7, 11) is 0. The molecule has 1 saturated heterocycles. The number of rotatable bonds is 7. The molecule has 136 valence electrons. The number of carbonyl (C=O) groups is 1. The van der Waals surface area contributed by atoms with E-state index < -0.39 is 0 Å². The lowest BCUT2D eigenvalue weighted by Gasteiger charge is -2.35. The number of aliphatic hydroxyl groups excluding tert-OH is 1. The fourth-order valence-electron chi connectivity index (χ4n) is 2.84. The fourth-order valence-corrected chi connectivity index (χ4v) is 2.84. The van der Waals surface area contributed by atoms with Crippen LogP contribution < -0.4 is 0 Å². The lowest BCUT2D eigenvalue weighted by Crippen LogP contribution is -2.50. The first-order valence-electron chi connectivity index (χ1n) is 8.70. The molecule has 0 radical (unpaired) electrons. The molecule has 0 unspecified atom stereocenters. The highest BCUT2D eigenvalue weighted by molar-refractivity contribution is 5.76. The summed E-state index contributed by atoms with van der Waals surface area (Å²) < 4.78 is 10.4. The minimum Gasteiger partial charge on any atom is -0.461 e. The number of hydrogen-bond acceptors (Lipinski definition) is 7. The predicted octanol–water partition coefficient (Wildman–Crippen LogP) is 1.18. The van der Waals surface area contributed by atoms with E-state index in [9.17, 15) is 9.90 Å². The van der Waals surface area contributed by atoms with Gasteiger partial charge in [-0.2, -0.15) is 4.98 Å². The Morgan fingerprint density at radius 2 is 2.16 bits per heavy atom. The van der Waals surface area contributed by atoms with Crippen LogP contribution in [0.25, 0.3) is 11.6 Å². The smallest absolute Gasteiger partial charge is 0.238 e. The van der Waals surface area contributed by atoms with Crippen LogP contribution in [0.1, 0.15) is 25.7 Å². The number of amides is 1. The summed E-state index contributed by atoms with van der Waals surface area (Å²) >= 11 is 0. The predicted molar refractivity (Wildman–Crippen MR) is 89.6 cm³/mol. The lowest BCUT2D eigenvalue weighted by atomic mass is 10.2. The van der Waals surface area contributed by atoms with Crippen molar-refractivity contribution in [2.45, 2.75) is 32.3 Å². The highest BCUT2D eigenvalue weighted by atomic mass is 16.5. The van der Waals surface area contributed by atoms with Gasteiger partial charge in [-0.25, -0.2) is 0 Å². The maximum absolute atomic E-state index is 12.3. The Morgan fingerprint density at radius 3 is 2.84 bits per heavy atom. The van der Waals surface area contributed by atoms with Crippen LogP contribution in [0, 0.1) is 0 Å². The summed E-state index contributed by atoms with van der Waals surface area (Å²) in [5.74, 6) is 1.47. The van der Waals surface area contributed by atoms with Gasteiger partial charge in [0.25, 0.3) is 0 Å². The first-order chi connectivity index (χ1) is 12.2. The Morgan fingerprint density at radius 1 is 1.36 bits per heavy atom. The third kappa shape index (κ3) is 4.67. The quantitative estimate of drug-likeness (QED) is 0.802. The Hall–Kier alpha value is -2.19. The maximum Gasteiger partial charge on any atom is 0.238 e. The third-order valence-corrected chi connectivity index (χ3v) is 4.43. The molecule has 0 saturated carbocycles. The van der Waals surface area contributed by atoms with E-state index in [0.29, 0.717) is 50.0 Å². The minimum absolute atomic E-state index is 0.0911. The Balaban J connectivity index is 1.43. The number of nitrogens with zero attached hydrogens (tertiary/aromatic N) is 4. The molecule has 2 aromatic heterocycles. The highest BCUT2D eigenvalue weighted by Crippen LogP contribution is 2.16. The monoisotopic (exact) mass is 348 g/mol. The molecule has 2 aromatic rings. The number of furan rings is 1. The largest absolute Gasteiger partial charge is 0.461 e. The first kappa shape index (κ1) is 17.6. The second kappa shape index (κ2) is 8.26. The van der Waals surface area contributed by atoms with Gasteiger partial charge in [-0.15, -0.1) is 0 Å². The van der Waals surface area contributed by atoms with Gasteiger partial charge in [0.15, 0.2) is 5.76 Å². The average Bonchev–Trinajstić information content (AvgIpc) is 3.31. The number of aromatic nitrogens is 2. The van der Waals surface area contributed by atoms with Crippen molar-refractivity contribution in [3.63, 3.8) is 0 Å². The molecule has 8 nitrogen and oxygen atoms in total. The molecular weight excluding hydrogens is 324 g/mol. The third-order valence-electron chi connectivity index (χ3n) is 4.43. The number of aryl methyl sites for hydroxylation is 1. The Kier molecular flexibility index (Phi) is 5.83. The van der Waals surface area contributed by atoms with Gasteiger partial charge in [0.1, 0.15) is 0 Å². The van der Waals surface area contributed by atoms with Crippen LogP contribution >= 0.6 is 0 Å². The normalized spacial score (nSPS) is 17.0. The molecule has 3 rings (SSSR count). The van der Waals surface area contributed by atoms with Crippen molar-refractivity contribution in [2.75, 3.05) is 32.7 Å². The minimum atomic E-state index is -0.289. The van der Waals surface area contributed by atoms with Crippen LogP contribution in [0.2, 0.25) is 0 Å². The first-order valence-corrected chi connectivity index (χ1v) is 8.70. The van der Waals surface area contributed by atoms with Crippen LogP contribution in [0.3, 0.4) is 0 Å². The topological polar surface area (TPSA) is 95.8 Å². The van der Waals surface area contributed by atoms with Crippen molar-refractivity contribution in [2.24, 2.45) is 0 Å². The number of aliphatic hydroxyl groups is 1. The van der Waals surface area contributed by atoms with Gasteiger partial charge in [-0.05, 0) is 18.6 Å². The van der Waals surface area contributed by atoms with E-state index in [1.807, 2.05) is 11.8 Å². The Bertz CT molecular complexity index is 662. The molecule has 25 heavy (non-hydrogen) atoms. The van der Waals surface area contributed by atoms with Gasteiger partial charge < -0.3 is 18.9 Å². The van der Waals surface area contributed by atoms with Gasteiger partial charge in [-0.1, -0.05) is 12.1 Å². The number of β-amino-alcohol motifs (C(OH)–C–C–N with tert-alkyl or cyclic N) is 1. The molecule has 0 aliphatic carbocycles. The summed E-state index contributed by atoms with van der Waals surface area (Å²) in [5.41, 5.74) is 0. The second-order valence-corrected chi connectivity index (χ2v) is 6.23. The molecule has 1 aliphatic heterocycles. The van der Waals surface area contributed by atoms with Gasteiger partial charge in [0.2, 0.25) is 17.6 Å². The van der Waals surface area contributed by atoms with Crippen molar-refractivity contribution < 1.29 is 18.8 Å². The molecular formula is C17H24N4O4. The zero-order chi connectivity index (χ0) is 17.6. The van der Waals surface area contributed by atoms with Crippen molar-refractivity contribution in [3.05, 3.63) is 24.3 Å². The molecule has 0 spiro atoms. The summed E-state index contributed by atoms with van der Waals surface area (Å²) in [5, 5.41) is 13.6. The Labute approximate surface area is 146 Å². The van der Waals surface area contributed by atoms with Gasteiger partial charge in [-0.3, -0.25) is 9.69 Å². The summed E-state index contributed by atoms with van der Waals surface area (Å²) in [6, 6.07) is 3.52. The van der Waals surface area contributed by atoms with Crippen molar-refractivity contribution >= 4 is 5.91 Å². The molecule has 1 amide bonds. The molecule has 1 atom stereocenters. The van der Waals surface area contributed by atoms with E-state index in [4.69, 9.17) is 8.94 Å². The van der Waals surface area contributed by atoms with Gasteiger partial charge in [0, 0.05) is 45.6 Å². The van der Waals surface area contributed by atoms with Crippen LogP contribution in [0.4, 0.5) is 0 Å². The van der Waals surface area contributed by atoms with Crippen LogP contribution in [0.5, 0.6) is 0 Å². The second-order valence-electron chi connectivity index (χ2n) is 6.23. The van der Waals surface area contributed by atoms with E-state index in [2.05, 4.69) is 15.0 Å². The molecule has 1 N–H and O–H groups in total. The van der Waals surface area contributed by atoms with E-state index in [1.54, 1.807) is 18.4 Å². The molecule has 0 bridgehead atoms. The zero-order valence-corrected chi connectivity index (χ0v) is 14.4. The van der Waals surface area contributed by atoms with Crippen molar-refractivity contribution in [3.8, 4) is 11.6 Å². The SMILES string of the molecule is CC[C@@H](O)CN1CCN(C(=O)CCc2nc(-c3ccco3)no2)CC1. The van der Waals surface area contributed by atoms with Crippen LogP contribution in [0.15, 0.2) is 27.3 Å². The summed E-state index contributed by atoms with van der Waals surface area (Å²) in [4.78, 5) is 20.6. The number of carbonyl (C=O) groups excluding carboxylic acids is 1. The van der Waals surface area contributed by atoms with Gasteiger partial charge >= 0.3 is 0 Å². The number of piperazine rings is 1. The van der Waals surface area contributed by atoms with E-state index in [-0.39, 0.29) is 12.0 Å². The zero-order valence-electron chi connectivity index (χ0n) is 14.4. The van der Waals surface area contributed by atoms with Crippen molar-refractivity contribution in [1.82, 2.24) is 19.9 Å². The number of hydrogen-bond donors (Lipinski definition) is 1. The maximum atomic E-state index is 12.3. The lowest BCUT2D eigenvalue weighted by molar-refractivity contribution is -0.133. The summed E-state index contributed by atoms with van der Waals surface area (Å²) in [6.07, 6.45) is 2.78. The van der Waals surface area contributed by atoms with Crippen molar-refractivity contribution in [1.29, 1.82) is 0 Å². The fraction of sp³-hybridized carbons (Fsp3) is 0.588. The molecule has 8 heteroatoms. The highest BCUT2D eigenvalue weighted by Gasteiger charge is 2.22. The van der Waals surface area contributed by atoms with Crippen LogP contribution in [-0.2, 0) is 11.2 Å². The van der Waals surface area contributed by atoms with E-state index in [1.165, 1.54) is 0 Å². The molecule has 0 aromatic carbocycles. The molecule has 3 heterocycles. The van der Waals surface area contributed by atoms with Crippen LogP contribution in [-0.4, -0.2) is 69.8 Å². The van der Waals surface area contributed by atoms with E-state index in [0.717, 1.165) is 19.5 Å². The standard InChI is InChI=1S/C17H24N4O4/c1-2-13(22)12-20-7-9-21(10-8-20)16(23)6-5-15-18-17(19-25-15)14-4-3-11-24-14/h3-4,11,13,22H,2,5-10,12H2,1H3/t13-/m1/s1. The molecule has 1 aliphatic rings. The molecule has 1 fully saturated rings. The summed E-state index contributed by atoms with van der Waals surface area (Å²) in [6.45, 7) is 5.63. The average molecular weight is 348 g/mol.